The summed E-state index contributed by atoms with van der Waals surface area (Å²) in [7, 11) is 0. The van der Waals surface area contributed by atoms with Crippen LogP contribution < -0.4 is 5.32 Å². The Morgan fingerprint density at radius 3 is 2.76 bits per heavy atom. The van der Waals surface area contributed by atoms with E-state index in [1.165, 1.54) is 12.8 Å². The fourth-order valence-electron chi connectivity index (χ4n) is 3.18. The van der Waals surface area contributed by atoms with Crippen LogP contribution in [0.5, 0.6) is 0 Å². The van der Waals surface area contributed by atoms with E-state index < -0.39 is 0 Å². The first kappa shape index (κ1) is 16.4. The lowest BCUT2D eigenvalue weighted by Crippen LogP contribution is -2.48. The molecule has 0 radical (unpaired) electrons. The molecule has 1 fully saturated rings. The summed E-state index contributed by atoms with van der Waals surface area (Å²) >= 11 is 0. The maximum absolute atomic E-state index is 13.8. The molecule has 0 spiro atoms. The number of nitrogens with one attached hydrogen (secondary N) is 1. The van der Waals surface area contributed by atoms with Gasteiger partial charge in [-0.15, -0.1) is 0 Å². The zero-order valence-electron chi connectivity index (χ0n) is 13.6. The molecule has 1 aromatic carbocycles. The normalized spacial score (nSPS) is 23.7. The second kappa shape index (κ2) is 7.90. The topological polar surface area (TPSA) is 15.3 Å². The molecule has 1 aliphatic rings. The summed E-state index contributed by atoms with van der Waals surface area (Å²) in [6.45, 7) is 10.7. The Bertz CT molecular complexity index is 433. The molecule has 2 nitrogen and oxygen atoms in total. The minimum Gasteiger partial charge on any atom is -0.313 e. The van der Waals surface area contributed by atoms with Crippen LogP contribution in [0.3, 0.4) is 0 Å². The van der Waals surface area contributed by atoms with Crippen molar-refractivity contribution < 1.29 is 4.39 Å². The van der Waals surface area contributed by atoms with E-state index in [2.05, 4.69) is 31.0 Å². The molecule has 0 amide bonds. The third-order valence-electron chi connectivity index (χ3n) is 4.24. The van der Waals surface area contributed by atoms with Crippen molar-refractivity contribution in [3.63, 3.8) is 0 Å². The van der Waals surface area contributed by atoms with Crippen molar-refractivity contribution in [2.45, 2.75) is 46.2 Å². The second-order valence-corrected chi connectivity index (χ2v) is 6.96. The van der Waals surface area contributed by atoms with Gasteiger partial charge in [-0.05, 0) is 37.3 Å². The van der Waals surface area contributed by atoms with Crippen LogP contribution in [-0.2, 0) is 6.54 Å². The SMILES string of the molecule is CC(C)CCNC1CC(C)CN(Cc2ccccc2F)C1. The van der Waals surface area contributed by atoms with Crippen LogP contribution in [0.15, 0.2) is 24.3 Å². The second-order valence-electron chi connectivity index (χ2n) is 6.96. The van der Waals surface area contributed by atoms with Crippen molar-refractivity contribution in [1.82, 2.24) is 10.2 Å². The molecule has 1 heterocycles. The molecule has 1 aliphatic heterocycles. The lowest BCUT2D eigenvalue weighted by molar-refractivity contribution is 0.140. The fourth-order valence-corrected chi connectivity index (χ4v) is 3.18. The third-order valence-corrected chi connectivity index (χ3v) is 4.24. The van der Waals surface area contributed by atoms with Gasteiger partial charge < -0.3 is 5.32 Å². The first-order valence-electron chi connectivity index (χ1n) is 8.23. The van der Waals surface area contributed by atoms with Gasteiger partial charge in [0.2, 0.25) is 0 Å². The van der Waals surface area contributed by atoms with Crippen molar-refractivity contribution in [3.05, 3.63) is 35.6 Å². The number of benzene rings is 1. The lowest BCUT2D eigenvalue weighted by atomic mass is 9.95. The van der Waals surface area contributed by atoms with Gasteiger partial charge in [0.1, 0.15) is 5.82 Å². The lowest BCUT2D eigenvalue weighted by Gasteiger charge is -2.37. The van der Waals surface area contributed by atoms with Crippen LogP contribution in [0, 0.1) is 17.7 Å². The summed E-state index contributed by atoms with van der Waals surface area (Å²) < 4.78 is 13.8. The molecular weight excluding hydrogens is 263 g/mol. The van der Waals surface area contributed by atoms with Crippen molar-refractivity contribution in [2.75, 3.05) is 19.6 Å². The Morgan fingerprint density at radius 2 is 2.05 bits per heavy atom. The maximum atomic E-state index is 13.8. The van der Waals surface area contributed by atoms with E-state index in [0.29, 0.717) is 12.0 Å². The minimum absolute atomic E-state index is 0.0833. The van der Waals surface area contributed by atoms with Gasteiger partial charge >= 0.3 is 0 Å². The first-order chi connectivity index (χ1) is 10.0. The Hall–Kier alpha value is -0.930. The quantitative estimate of drug-likeness (QED) is 0.860. The standard InChI is InChI=1S/C18H29FN2/c1-14(2)8-9-20-17-10-15(3)11-21(13-17)12-16-6-4-5-7-18(16)19/h4-7,14-15,17,20H,8-13H2,1-3H3. The predicted octanol–water partition coefficient (Wildman–Crippen LogP) is 3.67. The van der Waals surface area contributed by atoms with E-state index >= 15 is 0 Å². The van der Waals surface area contributed by atoms with Crippen LogP contribution >= 0.6 is 0 Å². The molecule has 2 rings (SSSR count). The average Bonchev–Trinajstić information content (AvgIpc) is 2.40. The Balaban J connectivity index is 1.87. The van der Waals surface area contributed by atoms with Crippen molar-refractivity contribution in [1.29, 1.82) is 0 Å². The van der Waals surface area contributed by atoms with E-state index in [9.17, 15) is 4.39 Å². The van der Waals surface area contributed by atoms with Crippen LogP contribution in [0.25, 0.3) is 0 Å². The number of rotatable bonds is 6. The highest BCUT2D eigenvalue weighted by atomic mass is 19.1. The molecule has 1 saturated heterocycles. The Kier molecular flexibility index (Phi) is 6.19. The minimum atomic E-state index is -0.0833. The molecule has 2 atom stereocenters. The molecule has 118 valence electrons. The molecule has 21 heavy (non-hydrogen) atoms. The Morgan fingerprint density at radius 1 is 1.29 bits per heavy atom. The van der Waals surface area contributed by atoms with Gasteiger partial charge in [-0.1, -0.05) is 39.0 Å². The summed E-state index contributed by atoms with van der Waals surface area (Å²) in [5.41, 5.74) is 0.813. The molecular formula is C18H29FN2. The number of hydrogen-bond donors (Lipinski definition) is 1. The van der Waals surface area contributed by atoms with E-state index in [4.69, 9.17) is 0 Å². The smallest absolute Gasteiger partial charge is 0.127 e. The molecule has 0 saturated carbocycles. The van der Waals surface area contributed by atoms with Gasteiger partial charge in [0.15, 0.2) is 0 Å². The highest BCUT2D eigenvalue weighted by molar-refractivity contribution is 5.17. The number of hydrogen-bond acceptors (Lipinski definition) is 2. The number of halogens is 1. The van der Waals surface area contributed by atoms with Crippen LogP contribution in [0.2, 0.25) is 0 Å². The average molecular weight is 292 g/mol. The van der Waals surface area contributed by atoms with Gasteiger partial charge in [0.25, 0.3) is 0 Å². The van der Waals surface area contributed by atoms with E-state index in [1.54, 1.807) is 12.1 Å². The monoisotopic (exact) mass is 292 g/mol. The van der Waals surface area contributed by atoms with Gasteiger partial charge in [-0.2, -0.15) is 0 Å². The first-order valence-corrected chi connectivity index (χ1v) is 8.23. The molecule has 3 heteroatoms. The van der Waals surface area contributed by atoms with Gasteiger partial charge in [0, 0.05) is 31.2 Å². The van der Waals surface area contributed by atoms with Crippen LogP contribution in [0.4, 0.5) is 4.39 Å². The fraction of sp³-hybridized carbons (Fsp3) is 0.667. The Labute approximate surface area is 128 Å². The summed E-state index contributed by atoms with van der Waals surface area (Å²) in [5.74, 6) is 1.33. The zero-order chi connectivity index (χ0) is 15.2. The predicted molar refractivity (Wildman–Crippen MR) is 86.7 cm³/mol. The molecule has 0 bridgehead atoms. The van der Waals surface area contributed by atoms with E-state index in [0.717, 1.165) is 37.7 Å². The van der Waals surface area contributed by atoms with Crippen molar-refractivity contribution in [2.24, 2.45) is 11.8 Å². The molecule has 0 aliphatic carbocycles. The summed E-state index contributed by atoms with van der Waals surface area (Å²) in [5, 5.41) is 3.68. The molecule has 2 unspecified atom stereocenters. The summed E-state index contributed by atoms with van der Waals surface area (Å²) in [6, 6.07) is 7.67. The number of piperidine rings is 1. The van der Waals surface area contributed by atoms with Crippen molar-refractivity contribution >= 4 is 0 Å². The van der Waals surface area contributed by atoms with Gasteiger partial charge in [-0.3, -0.25) is 4.90 Å². The van der Waals surface area contributed by atoms with Crippen LogP contribution in [-0.4, -0.2) is 30.6 Å². The van der Waals surface area contributed by atoms with E-state index in [1.807, 2.05) is 12.1 Å². The maximum Gasteiger partial charge on any atom is 0.127 e. The van der Waals surface area contributed by atoms with Gasteiger partial charge in [-0.25, -0.2) is 4.39 Å². The highest BCUT2D eigenvalue weighted by Gasteiger charge is 2.24. The highest BCUT2D eigenvalue weighted by Crippen LogP contribution is 2.19. The number of likely N-dealkylation sites (tertiary alicyclic amines) is 1. The number of nitrogens with zero attached hydrogens (tertiary/aromatic N) is 1. The largest absolute Gasteiger partial charge is 0.313 e. The van der Waals surface area contributed by atoms with Gasteiger partial charge in [0.05, 0.1) is 0 Å². The van der Waals surface area contributed by atoms with Crippen LogP contribution in [0.1, 0.15) is 39.2 Å². The zero-order valence-corrected chi connectivity index (χ0v) is 13.6. The summed E-state index contributed by atoms with van der Waals surface area (Å²) in [4.78, 5) is 2.39. The molecule has 0 aromatic heterocycles. The molecule has 1 N–H and O–H groups in total. The molecule has 1 aromatic rings. The summed E-state index contributed by atoms with van der Waals surface area (Å²) in [6.07, 6.45) is 2.45. The van der Waals surface area contributed by atoms with E-state index in [-0.39, 0.29) is 5.82 Å². The van der Waals surface area contributed by atoms with Crippen molar-refractivity contribution in [3.8, 4) is 0 Å². The third kappa shape index (κ3) is 5.40.